The van der Waals surface area contributed by atoms with Crippen molar-refractivity contribution in [2.75, 3.05) is 33.0 Å². The van der Waals surface area contributed by atoms with Gasteiger partial charge in [0.15, 0.2) is 11.5 Å². The van der Waals surface area contributed by atoms with Crippen LogP contribution in [0.25, 0.3) is 0 Å². The minimum atomic E-state index is -4.38. The smallest absolute Gasteiger partial charge is 0.411 e. The summed E-state index contributed by atoms with van der Waals surface area (Å²) in [6.45, 7) is -0.738. The zero-order valence-electron chi connectivity index (χ0n) is 12.0. The van der Waals surface area contributed by atoms with Crippen LogP contribution >= 0.6 is 11.6 Å². The van der Waals surface area contributed by atoms with Gasteiger partial charge in [-0.2, -0.15) is 13.2 Å². The monoisotopic (exact) mass is 353 g/mol. The standard InChI is InChI=1S/C14H15ClF3NO4/c15-10-6-9(7-11-12(10)23-4-1-3-22-11)13(20)19-2-5-21-8-14(16,17)18/h6-7H,1-5,8H2,(H,19,20). The second kappa shape index (κ2) is 7.74. The first-order valence-corrected chi connectivity index (χ1v) is 7.26. The molecule has 0 bridgehead atoms. The van der Waals surface area contributed by atoms with Crippen molar-refractivity contribution in [2.24, 2.45) is 0 Å². The van der Waals surface area contributed by atoms with Crippen LogP contribution in [0.4, 0.5) is 13.2 Å². The second-order valence-electron chi connectivity index (χ2n) is 4.76. The quantitative estimate of drug-likeness (QED) is 0.827. The summed E-state index contributed by atoms with van der Waals surface area (Å²) in [5.74, 6) is 0.265. The summed E-state index contributed by atoms with van der Waals surface area (Å²) in [6.07, 6.45) is -3.69. The number of alkyl halides is 3. The lowest BCUT2D eigenvalue weighted by Crippen LogP contribution is -2.28. The van der Waals surface area contributed by atoms with Gasteiger partial charge in [0, 0.05) is 18.5 Å². The van der Waals surface area contributed by atoms with E-state index >= 15 is 0 Å². The van der Waals surface area contributed by atoms with Crippen LogP contribution in [0.2, 0.25) is 5.02 Å². The second-order valence-corrected chi connectivity index (χ2v) is 5.17. The maximum atomic E-state index is 12.0. The highest BCUT2D eigenvalue weighted by Crippen LogP contribution is 2.37. The number of carbonyl (C=O) groups excluding carboxylic acids is 1. The zero-order valence-corrected chi connectivity index (χ0v) is 12.8. The van der Waals surface area contributed by atoms with Gasteiger partial charge in [-0.05, 0) is 12.1 Å². The number of hydrogen-bond acceptors (Lipinski definition) is 4. The average Bonchev–Trinajstić information content (AvgIpc) is 2.71. The highest BCUT2D eigenvalue weighted by molar-refractivity contribution is 6.32. The molecule has 1 N–H and O–H groups in total. The summed E-state index contributed by atoms with van der Waals surface area (Å²) in [7, 11) is 0. The van der Waals surface area contributed by atoms with Crippen molar-refractivity contribution in [3.05, 3.63) is 22.7 Å². The van der Waals surface area contributed by atoms with Crippen LogP contribution in [0.15, 0.2) is 12.1 Å². The average molecular weight is 354 g/mol. The van der Waals surface area contributed by atoms with Crippen LogP contribution in [-0.2, 0) is 4.74 Å². The minimum absolute atomic E-state index is 0.0546. The van der Waals surface area contributed by atoms with E-state index in [1.165, 1.54) is 12.1 Å². The molecule has 23 heavy (non-hydrogen) atoms. The number of amides is 1. The van der Waals surface area contributed by atoms with Crippen molar-refractivity contribution in [1.82, 2.24) is 5.32 Å². The van der Waals surface area contributed by atoms with Gasteiger partial charge in [-0.25, -0.2) is 0 Å². The predicted molar refractivity (Wildman–Crippen MR) is 76.3 cm³/mol. The fraction of sp³-hybridized carbons (Fsp3) is 0.500. The Kier molecular flexibility index (Phi) is 5.95. The highest BCUT2D eigenvalue weighted by atomic mass is 35.5. The van der Waals surface area contributed by atoms with Gasteiger partial charge in [-0.3, -0.25) is 4.79 Å². The molecule has 0 saturated heterocycles. The minimum Gasteiger partial charge on any atom is -0.489 e. The first-order chi connectivity index (χ1) is 10.9. The van der Waals surface area contributed by atoms with Gasteiger partial charge in [0.1, 0.15) is 6.61 Å². The number of hydrogen-bond donors (Lipinski definition) is 1. The number of rotatable bonds is 5. The summed E-state index contributed by atoms with van der Waals surface area (Å²) < 4.78 is 51.0. The van der Waals surface area contributed by atoms with Crippen molar-refractivity contribution in [1.29, 1.82) is 0 Å². The predicted octanol–water partition coefficient (Wildman–Crippen LogP) is 2.81. The van der Waals surface area contributed by atoms with E-state index < -0.39 is 18.7 Å². The fourth-order valence-electron chi connectivity index (χ4n) is 1.89. The maximum absolute atomic E-state index is 12.0. The van der Waals surface area contributed by atoms with Crippen LogP contribution in [-0.4, -0.2) is 45.1 Å². The molecule has 5 nitrogen and oxygen atoms in total. The molecule has 0 unspecified atom stereocenters. The molecule has 128 valence electrons. The Bertz CT molecular complexity index is 566. The van der Waals surface area contributed by atoms with E-state index in [0.29, 0.717) is 31.1 Å². The Morgan fingerprint density at radius 3 is 2.78 bits per heavy atom. The third kappa shape index (κ3) is 5.47. The molecule has 0 aromatic heterocycles. The molecule has 1 aromatic rings. The lowest BCUT2D eigenvalue weighted by Gasteiger charge is -2.12. The third-order valence-electron chi connectivity index (χ3n) is 2.86. The SMILES string of the molecule is O=C(NCCOCC(F)(F)F)c1cc(Cl)c2c(c1)OCCCO2. The van der Waals surface area contributed by atoms with Crippen LogP contribution in [0.5, 0.6) is 11.5 Å². The number of ether oxygens (including phenoxy) is 3. The van der Waals surface area contributed by atoms with Gasteiger partial charge in [-0.1, -0.05) is 11.6 Å². The topological polar surface area (TPSA) is 56.8 Å². The van der Waals surface area contributed by atoms with Crippen molar-refractivity contribution in [3.8, 4) is 11.5 Å². The number of nitrogens with one attached hydrogen (secondary N) is 1. The first kappa shape index (κ1) is 17.7. The summed E-state index contributed by atoms with van der Waals surface area (Å²) in [6, 6.07) is 2.90. The number of benzene rings is 1. The van der Waals surface area contributed by atoms with Crippen LogP contribution < -0.4 is 14.8 Å². The largest absolute Gasteiger partial charge is 0.489 e. The molecule has 0 radical (unpaired) electrons. The Morgan fingerprint density at radius 2 is 2.04 bits per heavy atom. The summed E-state index contributed by atoms with van der Waals surface area (Å²) in [5.41, 5.74) is 0.232. The molecule has 1 aromatic carbocycles. The molecular formula is C14H15ClF3NO4. The van der Waals surface area contributed by atoms with E-state index in [0.717, 1.165) is 0 Å². The normalized spacial score (nSPS) is 14.3. The Hall–Kier alpha value is -1.67. The molecule has 2 rings (SSSR count). The van der Waals surface area contributed by atoms with Crippen molar-refractivity contribution < 1.29 is 32.2 Å². The maximum Gasteiger partial charge on any atom is 0.411 e. The van der Waals surface area contributed by atoms with E-state index in [2.05, 4.69) is 10.1 Å². The van der Waals surface area contributed by atoms with E-state index in [1.807, 2.05) is 0 Å². The molecule has 1 aliphatic rings. The van der Waals surface area contributed by atoms with Crippen molar-refractivity contribution in [3.63, 3.8) is 0 Å². The lowest BCUT2D eigenvalue weighted by atomic mass is 10.2. The number of halogens is 4. The number of carbonyl (C=O) groups is 1. The van der Waals surface area contributed by atoms with Gasteiger partial charge in [0.25, 0.3) is 5.91 Å². The molecule has 0 atom stereocenters. The van der Waals surface area contributed by atoms with Crippen LogP contribution in [0.1, 0.15) is 16.8 Å². The van der Waals surface area contributed by atoms with Gasteiger partial charge in [0.2, 0.25) is 0 Å². The van der Waals surface area contributed by atoms with Gasteiger partial charge in [0.05, 0.1) is 24.8 Å². The van der Waals surface area contributed by atoms with Gasteiger partial charge >= 0.3 is 6.18 Å². The zero-order chi connectivity index (χ0) is 16.9. The van der Waals surface area contributed by atoms with Crippen molar-refractivity contribution >= 4 is 17.5 Å². The molecule has 1 aliphatic heterocycles. The summed E-state index contributed by atoms with van der Waals surface area (Å²) in [4.78, 5) is 12.0. The van der Waals surface area contributed by atoms with Gasteiger partial charge < -0.3 is 19.5 Å². The van der Waals surface area contributed by atoms with E-state index in [4.69, 9.17) is 21.1 Å². The molecule has 0 fully saturated rings. The highest BCUT2D eigenvalue weighted by Gasteiger charge is 2.27. The van der Waals surface area contributed by atoms with E-state index in [1.54, 1.807) is 0 Å². The third-order valence-corrected chi connectivity index (χ3v) is 3.14. The molecule has 0 spiro atoms. The Labute approximate surface area is 135 Å². The fourth-order valence-corrected chi connectivity index (χ4v) is 2.15. The van der Waals surface area contributed by atoms with E-state index in [-0.39, 0.29) is 23.7 Å². The first-order valence-electron chi connectivity index (χ1n) is 6.88. The summed E-state index contributed by atoms with van der Waals surface area (Å²) in [5, 5.41) is 2.69. The molecular weight excluding hydrogens is 339 g/mol. The lowest BCUT2D eigenvalue weighted by molar-refractivity contribution is -0.173. The summed E-state index contributed by atoms with van der Waals surface area (Å²) >= 11 is 6.06. The molecule has 1 amide bonds. The Balaban J connectivity index is 1.90. The van der Waals surface area contributed by atoms with E-state index in [9.17, 15) is 18.0 Å². The van der Waals surface area contributed by atoms with Crippen LogP contribution in [0, 0.1) is 0 Å². The molecule has 0 saturated carbocycles. The Morgan fingerprint density at radius 1 is 1.30 bits per heavy atom. The van der Waals surface area contributed by atoms with Crippen LogP contribution in [0.3, 0.4) is 0 Å². The molecule has 9 heteroatoms. The molecule has 0 aliphatic carbocycles. The van der Waals surface area contributed by atoms with Crippen molar-refractivity contribution in [2.45, 2.75) is 12.6 Å². The molecule has 1 heterocycles. The number of fused-ring (bicyclic) bond motifs is 1. The van der Waals surface area contributed by atoms with Gasteiger partial charge in [-0.15, -0.1) is 0 Å².